The van der Waals surface area contributed by atoms with Crippen LogP contribution in [0, 0.1) is 5.92 Å². The van der Waals surface area contributed by atoms with Crippen LogP contribution in [-0.4, -0.2) is 6.04 Å². The van der Waals surface area contributed by atoms with E-state index in [9.17, 15) is 0 Å². The van der Waals surface area contributed by atoms with E-state index in [1.165, 1.54) is 29.7 Å². The van der Waals surface area contributed by atoms with Crippen molar-refractivity contribution in [2.75, 3.05) is 5.32 Å². The summed E-state index contributed by atoms with van der Waals surface area (Å²) in [4.78, 5) is 0. The Kier molecular flexibility index (Phi) is 8.79. The van der Waals surface area contributed by atoms with Gasteiger partial charge >= 0.3 is 0 Å². The Balaban J connectivity index is 2.12. The molecule has 1 aliphatic carbocycles. The predicted molar refractivity (Wildman–Crippen MR) is 139 cm³/mol. The molecular formula is C29H44N2. The lowest BCUT2D eigenvalue weighted by Gasteiger charge is -2.42. The molecule has 170 valence electrons. The Labute approximate surface area is 191 Å². The summed E-state index contributed by atoms with van der Waals surface area (Å²) in [5.74, 6) is 0.679. The van der Waals surface area contributed by atoms with E-state index < -0.39 is 0 Å². The minimum Gasteiger partial charge on any atom is -0.378 e. The minimum absolute atomic E-state index is 0.195. The van der Waals surface area contributed by atoms with E-state index in [0.717, 1.165) is 18.5 Å². The molecule has 0 amide bonds. The van der Waals surface area contributed by atoms with E-state index in [0.29, 0.717) is 5.92 Å². The van der Waals surface area contributed by atoms with Gasteiger partial charge in [-0.3, -0.25) is 0 Å². The summed E-state index contributed by atoms with van der Waals surface area (Å²) < 4.78 is 0. The van der Waals surface area contributed by atoms with Crippen LogP contribution in [0.4, 0.5) is 5.69 Å². The Morgan fingerprint density at radius 3 is 2.35 bits per heavy atom. The summed E-state index contributed by atoms with van der Waals surface area (Å²) in [5, 5.41) is 7.12. The zero-order chi connectivity index (χ0) is 23.1. The second-order valence-electron chi connectivity index (χ2n) is 10.6. The van der Waals surface area contributed by atoms with Gasteiger partial charge in [-0.15, -0.1) is 6.58 Å². The second-order valence-corrected chi connectivity index (χ2v) is 10.6. The monoisotopic (exact) mass is 420 g/mol. The average Bonchev–Trinajstić information content (AvgIpc) is 2.70. The van der Waals surface area contributed by atoms with Crippen molar-refractivity contribution in [3.63, 3.8) is 0 Å². The smallest absolute Gasteiger partial charge is 0.0495 e. The van der Waals surface area contributed by atoms with Crippen LogP contribution >= 0.6 is 0 Å². The van der Waals surface area contributed by atoms with Gasteiger partial charge < -0.3 is 10.6 Å². The summed E-state index contributed by atoms with van der Waals surface area (Å²) in [6.45, 7) is 20.0. The number of anilines is 1. The topological polar surface area (TPSA) is 24.1 Å². The fourth-order valence-electron chi connectivity index (χ4n) is 4.21. The number of fused-ring (bicyclic) bond motifs is 1. The van der Waals surface area contributed by atoms with Gasteiger partial charge in [-0.1, -0.05) is 65.8 Å². The molecule has 2 nitrogen and oxygen atoms in total. The molecule has 0 heterocycles. The Hall–Kier alpha value is -2.22. The summed E-state index contributed by atoms with van der Waals surface area (Å²) in [6, 6.07) is 7.15. The first kappa shape index (κ1) is 25.0. The lowest BCUT2D eigenvalue weighted by molar-refractivity contribution is 0.332. The zero-order valence-electron chi connectivity index (χ0n) is 20.9. The molecule has 2 rings (SSSR count). The number of nitrogens with one attached hydrogen (secondary N) is 2. The molecule has 0 saturated carbocycles. The fraction of sp³-hybridized carbons (Fsp3) is 0.517. The molecule has 0 spiro atoms. The van der Waals surface area contributed by atoms with Crippen LogP contribution in [-0.2, 0) is 10.8 Å². The van der Waals surface area contributed by atoms with Crippen molar-refractivity contribution >= 4 is 5.69 Å². The maximum atomic E-state index is 3.95. The number of allylic oxidation sites excluding steroid dienone is 3. The number of benzene rings is 1. The molecule has 0 radical (unpaired) electrons. The molecule has 0 aromatic heterocycles. The third-order valence-corrected chi connectivity index (χ3v) is 6.42. The Bertz CT molecular complexity index is 821. The van der Waals surface area contributed by atoms with Crippen LogP contribution in [0.15, 0.2) is 67.1 Å². The van der Waals surface area contributed by atoms with Crippen LogP contribution < -0.4 is 10.6 Å². The molecule has 1 aromatic carbocycles. The Morgan fingerprint density at radius 2 is 1.74 bits per heavy atom. The third kappa shape index (κ3) is 7.16. The van der Waals surface area contributed by atoms with Crippen molar-refractivity contribution in [2.24, 2.45) is 5.92 Å². The van der Waals surface area contributed by atoms with Crippen LogP contribution in [0.1, 0.15) is 85.3 Å². The summed E-state index contributed by atoms with van der Waals surface area (Å²) >= 11 is 0. The van der Waals surface area contributed by atoms with Gasteiger partial charge in [-0.25, -0.2) is 0 Å². The first-order chi connectivity index (χ1) is 14.6. The largest absolute Gasteiger partial charge is 0.378 e. The van der Waals surface area contributed by atoms with E-state index in [1.807, 2.05) is 12.3 Å². The lowest BCUT2D eigenvalue weighted by Crippen LogP contribution is -2.34. The van der Waals surface area contributed by atoms with Gasteiger partial charge in [0.2, 0.25) is 0 Å². The van der Waals surface area contributed by atoms with Gasteiger partial charge in [0.15, 0.2) is 0 Å². The molecule has 0 bridgehead atoms. The molecular weight excluding hydrogens is 376 g/mol. The van der Waals surface area contributed by atoms with Gasteiger partial charge in [-0.2, -0.15) is 0 Å². The summed E-state index contributed by atoms with van der Waals surface area (Å²) in [7, 11) is 0. The summed E-state index contributed by atoms with van der Waals surface area (Å²) in [6.07, 6.45) is 17.1. The maximum absolute atomic E-state index is 3.95. The first-order valence-corrected chi connectivity index (χ1v) is 11.9. The van der Waals surface area contributed by atoms with Crippen molar-refractivity contribution in [3.05, 3.63) is 78.2 Å². The van der Waals surface area contributed by atoms with Gasteiger partial charge in [0.25, 0.3) is 0 Å². The molecule has 1 aliphatic rings. The van der Waals surface area contributed by atoms with E-state index >= 15 is 0 Å². The molecule has 1 unspecified atom stereocenters. The van der Waals surface area contributed by atoms with Gasteiger partial charge in [0.1, 0.15) is 0 Å². The average molecular weight is 421 g/mol. The quantitative estimate of drug-likeness (QED) is 0.296. The molecule has 2 N–H and O–H groups in total. The minimum atomic E-state index is 0.195. The van der Waals surface area contributed by atoms with Crippen molar-refractivity contribution < 1.29 is 0 Å². The number of hydrogen-bond acceptors (Lipinski definition) is 2. The molecule has 2 heteroatoms. The SMILES string of the molecule is C=CCC(/C=C/NC(/C=C\CC(C)C)=C/C)Nc1ccc2c(c1)C(C)(C)CCC2(C)C. The number of hydrogen-bond donors (Lipinski definition) is 2. The molecule has 0 saturated heterocycles. The van der Waals surface area contributed by atoms with Crippen LogP contribution in [0.3, 0.4) is 0 Å². The molecule has 0 aliphatic heterocycles. The van der Waals surface area contributed by atoms with Crippen molar-refractivity contribution in [2.45, 2.75) is 91.0 Å². The highest BCUT2D eigenvalue weighted by molar-refractivity contribution is 5.54. The highest BCUT2D eigenvalue weighted by Gasteiger charge is 2.36. The third-order valence-electron chi connectivity index (χ3n) is 6.42. The second kappa shape index (κ2) is 10.9. The first-order valence-electron chi connectivity index (χ1n) is 11.9. The van der Waals surface area contributed by atoms with Gasteiger partial charge in [0, 0.05) is 17.4 Å². The molecule has 31 heavy (non-hydrogen) atoms. The predicted octanol–water partition coefficient (Wildman–Crippen LogP) is 8.00. The van der Waals surface area contributed by atoms with Crippen molar-refractivity contribution in [1.29, 1.82) is 0 Å². The fourth-order valence-corrected chi connectivity index (χ4v) is 4.21. The van der Waals surface area contributed by atoms with E-state index in [2.05, 4.69) is 108 Å². The maximum Gasteiger partial charge on any atom is 0.0495 e. The zero-order valence-corrected chi connectivity index (χ0v) is 20.9. The van der Waals surface area contributed by atoms with Crippen LogP contribution in [0.5, 0.6) is 0 Å². The van der Waals surface area contributed by atoms with Crippen molar-refractivity contribution in [1.82, 2.24) is 5.32 Å². The van der Waals surface area contributed by atoms with Gasteiger partial charge in [-0.05, 0) is 91.0 Å². The molecule has 1 aromatic rings. The van der Waals surface area contributed by atoms with E-state index in [-0.39, 0.29) is 16.9 Å². The highest BCUT2D eigenvalue weighted by atomic mass is 14.9. The standard InChI is InChI=1S/C29H44N2/c1-9-12-24(17-20-30-23(10-2)14-11-13-22(3)4)31-25-15-16-26-27(21-25)29(7,8)19-18-28(26,5)6/h9-11,14-17,20-22,24,30-31H,1,12-13,18-19H2,2-8H3/b14-11-,20-17+,23-10+. The number of rotatable bonds is 10. The van der Waals surface area contributed by atoms with Crippen molar-refractivity contribution in [3.8, 4) is 0 Å². The van der Waals surface area contributed by atoms with E-state index in [1.54, 1.807) is 0 Å². The Morgan fingerprint density at radius 1 is 1.06 bits per heavy atom. The normalized spacial score (nSPS) is 18.9. The molecule has 1 atom stereocenters. The van der Waals surface area contributed by atoms with Crippen LogP contribution in [0.2, 0.25) is 0 Å². The van der Waals surface area contributed by atoms with Gasteiger partial charge in [0.05, 0.1) is 0 Å². The van der Waals surface area contributed by atoms with Crippen LogP contribution in [0.25, 0.3) is 0 Å². The lowest BCUT2D eigenvalue weighted by atomic mass is 9.63. The molecule has 0 fully saturated rings. The van der Waals surface area contributed by atoms with E-state index in [4.69, 9.17) is 0 Å². The highest BCUT2D eigenvalue weighted by Crippen LogP contribution is 2.46. The summed E-state index contributed by atoms with van der Waals surface area (Å²) in [5.41, 5.74) is 5.75.